The number of nitrogens with zero attached hydrogens (tertiary/aromatic N) is 2. The van der Waals surface area contributed by atoms with E-state index in [1.165, 1.54) is 10.7 Å². The average Bonchev–Trinajstić information content (AvgIpc) is 3.05. The molecule has 0 atom stereocenters. The zero-order valence-electron chi connectivity index (χ0n) is 17.6. The fourth-order valence-corrected chi connectivity index (χ4v) is 3.85. The van der Waals surface area contributed by atoms with Gasteiger partial charge in [0.25, 0.3) is 5.91 Å². The first-order chi connectivity index (χ1) is 14.5. The van der Waals surface area contributed by atoms with E-state index in [9.17, 15) is 18.0 Å². The van der Waals surface area contributed by atoms with Crippen molar-refractivity contribution in [2.45, 2.75) is 39.3 Å². The van der Waals surface area contributed by atoms with Crippen LogP contribution in [0.2, 0.25) is 0 Å². The molecule has 1 amide bonds. The lowest BCUT2D eigenvalue weighted by molar-refractivity contribution is -0.142. The molecular formula is C22H26F3N5O. The molecule has 0 bridgehead atoms. The summed E-state index contributed by atoms with van der Waals surface area (Å²) in [5.74, 6) is 1.83. The van der Waals surface area contributed by atoms with Gasteiger partial charge in [0.05, 0.1) is 17.8 Å². The standard InChI is InChI=1S/C22H26F3N5O/c1-4-9-27-10-11-28-17-12-14(5-6-15(17)20(26)31)30-18-13-21(2,3)8-7-16(18)19(29-30)22(23,24)25/h1,5-6,12,27-28H,7-11,13H2,2-3H3,(H2,26,31). The van der Waals surface area contributed by atoms with Gasteiger partial charge in [0.1, 0.15) is 0 Å². The molecule has 0 unspecified atom stereocenters. The van der Waals surface area contributed by atoms with Crippen LogP contribution >= 0.6 is 0 Å². The van der Waals surface area contributed by atoms with E-state index >= 15 is 0 Å². The van der Waals surface area contributed by atoms with Crippen LogP contribution in [-0.2, 0) is 19.0 Å². The fourth-order valence-electron chi connectivity index (χ4n) is 3.85. The number of halogens is 3. The lowest BCUT2D eigenvalue weighted by atomic mass is 9.76. The first-order valence-corrected chi connectivity index (χ1v) is 10.0. The van der Waals surface area contributed by atoms with Gasteiger partial charge in [-0.1, -0.05) is 19.8 Å². The molecule has 0 saturated carbocycles. The minimum atomic E-state index is -4.53. The van der Waals surface area contributed by atoms with Crippen molar-refractivity contribution in [2.75, 3.05) is 25.0 Å². The topological polar surface area (TPSA) is 85.0 Å². The first kappa shape index (κ1) is 22.7. The summed E-state index contributed by atoms with van der Waals surface area (Å²) in [4.78, 5) is 11.8. The highest BCUT2D eigenvalue weighted by Gasteiger charge is 2.42. The molecule has 9 heteroatoms. The number of amides is 1. The van der Waals surface area contributed by atoms with Crippen LogP contribution in [0.5, 0.6) is 0 Å². The second-order valence-corrected chi connectivity index (χ2v) is 8.43. The molecule has 1 aromatic heterocycles. The average molecular weight is 433 g/mol. The van der Waals surface area contributed by atoms with Crippen LogP contribution in [-0.4, -0.2) is 35.3 Å². The number of primary amides is 1. The maximum absolute atomic E-state index is 13.6. The van der Waals surface area contributed by atoms with E-state index in [0.29, 0.717) is 56.0 Å². The van der Waals surface area contributed by atoms with E-state index in [1.807, 2.05) is 13.8 Å². The number of hydrogen-bond donors (Lipinski definition) is 3. The Hall–Kier alpha value is -2.99. The molecule has 2 aromatic rings. The lowest BCUT2D eigenvalue weighted by Gasteiger charge is -2.30. The summed E-state index contributed by atoms with van der Waals surface area (Å²) < 4.78 is 42.3. The lowest BCUT2D eigenvalue weighted by Crippen LogP contribution is -2.25. The number of alkyl halides is 3. The summed E-state index contributed by atoms with van der Waals surface area (Å²) in [5, 5.41) is 10.1. The third kappa shape index (κ3) is 5.02. The predicted molar refractivity (Wildman–Crippen MR) is 113 cm³/mol. The Morgan fingerprint density at radius 3 is 2.74 bits per heavy atom. The molecule has 166 valence electrons. The Morgan fingerprint density at radius 1 is 1.35 bits per heavy atom. The van der Waals surface area contributed by atoms with Crippen LogP contribution < -0.4 is 16.4 Å². The fraction of sp³-hybridized carbons (Fsp3) is 0.455. The van der Waals surface area contributed by atoms with Crippen LogP contribution in [0.1, 0.15) is 47.6 Å². The van der Waals surface area contributed by atoms with Gasteiger partial charge in [0.2, 0.25) is 0 Å². The number of benzene rings is 1. The van der Waals surface area contributed by atoms with E-state index in [2.05, 4.69) is 21.7 Å². The van der Waals surface area contributed by atoms with Crippen LogP contribution in [0.3, 0.4) is 0 Å². The number of hydrogen-bond acceptors (Lipinski definition) is 4. The van der Waals surface area contributed by atoms with Crippen molar-refractivity contribution in [3.8, 4) is 18.0 Å². The van der Waals surface area contributed by atoms with Crippen molar-refractivity contribution in [2.24, 2.45) is 11.1 Å². The SMILES string of the molecule is C#CCNCCNc1cc(-n2nc(C(F)(F)F)c3c2CC(C)(C)CC3)ccc1C(N)=O. The maximum Gasteiger partial charge on any atom is 0.435 e. The molecule has 3 rings (SSSR count). The highest BCUT2D eigenvalue weighted by molar-refractivity contribution is 5.98. The number of fused-ring (bicyclic) bond motifs is 1. The van der Waals surface area contributed by atoms with Crippen molar-refractivity contribution < 1.29 is 18.0 Å². The maximum atomic E-state index is 13.6. The molecule has 31 heavy (non-hydrogen) atoms. The Balaban J connectivity index is 2.02. The monoisotopic (exact) mass is 433 g/mol. The molecule has 0 spiro atoms. The Labute approximate surface area is 179 Å². The number of nitrogens with one attached hydrogen (secondary N) is 2. The van der Waals surface area contributed by atoms with Gasteiger partial charge in [-0.05, 0) is 42.9 Å². The molecule has 0 radical (unpaired) electrons. The molecule has 6 nitrogen and oxygen atoms in total. The van der Waals surface area contributed by atoms with Crippen molar-refractivity contribution in [1.29, 1.82) is 0 Å². The molecule has 1 aliphatic carbocycles. The zero-order valence-corrected chi connectivity index (χ0v) is 17.6. The molecule has 0 fully saturated rings. The van der Waals surface area contributed by atoms with Gasteiger partial charge >= 0.3 is 6.18 Å². The number of anilines is 1. The first-order valence-electron chi connectivity index (χ1n) is 10.0. The molecule has 0 saturated heterocycles. The molecule has 0 aliphatic heterocycles. The summed E-state index contributed by atoms with van der Waals surface area (Å²) >= 11 is 0. The smallest absolute Gasteiger partial charge is 0.383 e. The Kier molecular flexibility index (Phi) is 6.32. The van der Waals surface area contributed by atoms with Gasteiger partial charge < -0.3 is 16.4 Å². The number of terminal acetylenes is 1. The van der Waals surface area contributed by atoms with Crippen molar-refractivity contribution in [3.05, 3.63) is 40.7 Å². The van der Waals surface area contributed by atoms with Gasteiger partial charge in [0, 0.05) is 30.0 Å². The van der Waals surface area contributed by atoms with Crippen molar-refractivity contribution in [1.82, 2.24) is 15.1 Å². The van der Waals surface area contributed by atoms with Gasteiger partial charge in [-0.3, -0.25) is 4.79 Å². The van der Waals surface area contributed by atoms with Crippen LogP contribution in [0.15, 0.2) is 18.2 Å². The Bertz CT molecular complexity index is 1020. The summed E-state index contributed by atoms with van der Waals surface area (Å²) in [6.45, 7) is 5.46. The molecular weight excluding hydrogens is 407 g/mol. The predicted octanol–water partition coefficient (Wildman–Crippen LogP) is 3.14. The number of aromatic nitrogens is 2. The van der Waals surface area contributed by atoms with Crippen LogP contribution in [0, 0.1) is 17.8 Å². The summed E-state index contributed by atoms with van der Waals surface area (Å²) in [6, 6.07) is 4.68. The Morgan fingerprint density at radius 2 is 2.10 bits per heavy atom. The van der Waals surface area contributed by atoms with E-state index in [4.69, 9.17) is 12.2 Å². The summed E-state index contributed by atoms with van der Waals surface area (Å²) in [7, 11) is 0. The minimum Gasteiger partial charge on any atom is -0.383 e. The second kappa shape index (κ2) is 8.63. The van der Waals surface area contributed by atoms with E-state index in [1.54, 1.807) is 12.1 Å². The van der Waals surface area contributed by atoms with E-state index in [-0.39, 0.29) is 16.5 Å². The van der Waals surface area contributed by atoms with Gasteiger partial charge in [-0.25, -0.2) is 4.68 Å². The zero-order chi connectivity index (χ0) is 22.8. The summed E-state index contributed by atoms with van der Waals surface area (Å²) in [5.41, 5.74) is 6.41. The molecule has 1 aromatic carbocycles. The van der Waals surface area contributed by atoms with Gasteiger partial charge in [0.15, 0.2) is 5.69 Å². The molecule has 1 aliphatic rings. The number of nitrogens with two attached hydrogens (primary N) is 1. The molecule has 4 N–H and O–H groups in total. The number of rotatable bonds is 7. The minimum absolute atomic E-state index is 0.134. The second-order valence-electron chi connectivity index (χ2n) is 8.43. The van der Waals surface area contributed by atoms with Crippen LogP contribution in [0.25, 0.3) is 5.69 Å². The van der Waals surface area contributed by atoms with Crippen molar-refractivity contribution >= 4 is 11.6 Å². The quantitative estimate of drug-likeness (QED) is 0.463. The highest BCUT2D eigenvalue weighted by Crippen LogP contribution is 2.42. The third-order valence-electron chi connectivity index (χ3n) is 5.41. The number of carbonyl (C=O) groups excluding carboxylic acids is 1. The van der Waals surface area contributed by atoms with Gasteiger partial charge in [-0.15, -0.1) is 6.42 Å². The normalized spacial score (nSPS) is 15.2. The largest absolute Gasteiger partial charge is 0.435 e. The van der Waals surface area contributed by atoms with Crippen LogP contribution in [0.4, 0.5) is 18.9 Å². The van der Waals surface area contributed by atoms with Gasteiger partial charge in [-0.2, -0.15) is 18.3 Å². The number of carbonyl (C=O) groups is 1. The molecule has 1 heterocycles. The summed E-state index contributed by atoms with van der Waals surface area (Å²) in [6.07, 6.45) is 2.11. The highest BCUT2D eigenvalue weighted by atomic mass is 19.4. The van der Waals surface area contributed by atoms with Crippen molar-refractivity contribution in [3.63, 3.8) is 0 Å². The van der Waals surface area contributed by atoms with E-state index < -0.39 is 17.8 Å². The van der Waals surface area contributed by atoms with E-state index in [0.717, 1.165) is 0 Å². The third-order valence-corrected chi connectivity index (χ3v) is 5.41.